The van der Waals surface area contributed by atoms with Gasteiger partial charge in [-0.3, -0.25) is 0 Å². The Morgan fingerprint density at radius 1 is 0.931 bits per heavy atom. The Hall–Kier alpha value is -3.39. The summed E-state index contributed by atoms with van der Waals surface area (Å²) in [6.45, 7) is 4.29. The van der Waals surface area contributed by atoms with Crippen LogP contribution >= 0.6 is 0 Å². The van der Waals surface area contributed by atoms with E-state index in [2.05, 4.69) is 66.9 Å². The molecule has 0 amide bonds. The van der Waals surface area contributed by atoms with Gasteiger partial charge in [0.25, 0.3) is 0 Å². The standard InChI is InChI=1S/C21H25N7O/c1-27-10-12-28(13-11-27)18-8-6-16(7-9-18)23-20-15-22-26-21(25-20)24-17-4-3-5-19(14-17)29-2/h3-9,14-15H,10-13H2,1-2H3,(H2,23,24,25,26). The molecule has 29 heavy (non-hydrogen) atoms. The Morgan fingerprint density at radius 2 is 1.72 bits per heavy atom. The molecule has 150 valence electrons. The van der Waals surface area contributed by atoms with Crippen LogP contribution in [-0.2, 0) is 0 Å². The lowest BCUT2D eigenvalue weighted by molar-refractivity contribution is 0.313. The Morgan fingerprint density at radius 3 is 2.48 bits per heavy atom. The molecular formula is C21H25N7O. The molecule has 0 spiro atoms. The van der Waals surface area contributed by atoms with Crippen molar-refractivity contribution in [1.29, 1.82) is 0 Å². The van der Waals surface area contributed by atoms with Gasteiger partial charge in [-0.1, -0.05) is 6.07 Å². The third kappa shape index (κ3) is 4.91. The molecule has 0 atom stereocenters. The quantitative estimate of drug-likeness (QED) is 0.664. The molecule has 1 aromatic heterocycles. The monoisotopic (exact) mass is 391 g/mol. The minimum absolute atomic E-state index is 0.414. The predicted octanol–water partition coefficient (Wildman–Crippen LogP) is 3.12. The number of ether oxygens (including phenoxy) is 1. The Kier molecular flexibility index (Phi) is 5.71. The van der Waals surface area contributed by atoms with Gasteiger partial charge in [0, 0.05) is 49.3 Å². The van der Waals surface area contributed by atoms with E-state index in [0.29, 0.717) is 11.8 Å². The summed E-state index contributed by atoms with van der Waals surface area (Å²) in [5, 5.41) is 14.5. The molecule has 1 saturated heterocycles. The van der Waals surface area contributed by atoms with E-state index < -0.39 is 0 Å². The zero-order chi connectivity index (χ0) is 20.1. The summed E-state index contributed by atoms with van der Waals surface area (Å²) in [6.07, 6.45) is 1.60. The minimum atomic E-state index is 0.414. The van der Waals surface area contributed by atoms with Crippen molar-refractivity contribution in [2.75, 3.05) is 55.9 Å². The molecule has 0 radical (unpaired) electrons. The number of nitrogens with one attached hydrogen (secondary N) is 2. The molecule has 0 aliphatic carbocycles. The number of nitrogens with zero attached hydrogens (tertiary/aromatic N) is 5. The van der Waals surface area contributed by atoms with Crippen LogP contribution in [0, 0.1) is 0 Å². The van der Waals surface area contributed by atoms with Crippen LogP contribution in [-0.4, -0.2) is 60.4 Å². The first-order valence-electron chi connectivity index (χ1n) is 9.61. The van der Waals surface area contributed by atoms with Gasteiger partial charge in [0.1, 0.15) is 5.75 Å². The second kappa shape index (κ2) is 8.74. The van der Waals surface area contributed by atoms with Crippen LogP contribution in [0.25, 0.3) is 0 Å². The Balaban J connectivity index is 1.41. The molecule has 0 bridgehead atoms. The van der Waals surface area contributed by atoms with Crippen molar-refractivity contribution in [3.05, 3.63) is 54.7 Å². The van der Waals surface area contributed by atoms with Crippen molar-refractivity contribution in [3.63, 3.8) is 0 Å². The lowest BCUT2D eigenvalue weighted by Gasteiger charge is -2.34. The highest BCUT2D eigenvalue weighted by Crippen LogP contribution is 2.23. The molecule has 0 saturated carbocycles. The molecule has 1 aliphatic rings. The van der Waals surface area contributed by atoms with E-state index in [9.17, 15) is 0 Å². The lowest BCUT2D eigenvalue weighted by atomic mass is 10.2. The van der Waals surface area contributed by atoms with Crippen LogP contribution in [0.1, 0.15) is 0 Å². The van der Waals surface area contributed by atoms with E-state index in [1.807, 2.05) is 24.3 Å². The van der Waals surface area contributed by atoms with E-state index in [-0.39, 0.29) is 0 Å². The number of piperazine rings is 1. The summed E-state index contributed by atoms with van der Waals surface area (Å²) < 4.78 is 5.24. The maximum absolute atomic E-state index is 5.24. The van der Waals surface area contributed by atoms with Gasteiger partial charge in [-0.2, -0.15) is 10.1 Å². The molecule has 2 heterocycles. The number of rotatable bonds is 6. The first-order valence-corrected chi connectivity index (χ1v) is 9.61. The largest absolute Gasteiger partial charge is 0.497 e. The fourth-order valence-corrected chi connectivity index (χ4v) is 3.21. The van der Waals surface area contributed by atoms with E-state index in [0.717, 1.165) is 43.3 Å². The molecule has 2 N–H and O–H groups in total. The van der Waals surface area contributed by atoms with Crippen molar-refractivity contribution in [2.24, 2.45) is 0 Å². The first kappa shape index (κ1) is 18.9. The van der Waals surface area contributed by atoms with E-state index >= 15 is 0 Å². The number of hydrogen-bond acceptors (Lipinski definition) is 8. The van der Waals surface area contributed by atoms with Crippen molar-refractivity contribution in [3.8, 4) is 5.75 Å². The Bertz CT molecular complexity index is 940. The third-order valence-electron chi connectivity index (χ3n) is 4.89. The van der Waals surface area contributed by atoms with Crippen molar-refractivity contribution < 1.29 is 4.74 Å². The summed E-state index contributed by atoms with van der Waals surface area (Å²) in [6, 6.07) is 16.0. The summed E-state index contributed by atoms with van der Waals surface area (Å²) >= 11 is 0. The average Bonchev–Trinajstić information content (AvgIpc) is 2.75. The van der Waals surface area contributed by atoms with Gasteiger partial charge in [0.15, 0.2) is 5.82 Å². The van der Waals surface area contributed by atoms with Gasteiger partial charge >= 0.3 is 0 Å². The molecule has 8 nitrogen and oxygen atoms in total. The molecule has 1 fully saturated rings. The zero-order valence-corrected chi connectivity index (χ0v) is 16.7. The second-order valence-corrected chi connectivity index (χ2v) is 6.98. The maximum atomic E-state index is 5.24. The van der Waals surface area contributed by atoms with E-state index in [1.54, 1.807) is 13.3 Å². The highest BCUT2D eigenvalue weighted by Gasteiger charge is 2.14. The Labute approximate surface area is 170 Å². The molecule has 2 aromatic carbocycles. The van der Waals surface area contributed by atoms with Gasteiger partial charge in [-0.25, -0.2) is 0 Å². The average molecular weight is 391 g/mol. The van der Waals surface area contributed by atoms with Crippen molar-refractivity contribution in [1.82, 2.24) is 20.1 Å². The predicted molar refractivity (Wildman–Crippen MR) is 116 cm³/mol. The first-order chi connectivity index (χ1) is 14.2. The van der Waals surface area contributed by atoms with Gasteiger partial charge in [0.05, 0.1) is 13.3 Å². The number of benzene rings is 2. The fourth-order valence-electron chi connectivity index (χ4n) is 3.21. The van der Waals surface area contributed by atoms with Gasteiger partial charge in [-0.05, 0) is 43.4 Å². The smallest absolute Gasteiger partial charge is 0.249 e. The molecular weight excluding hydrogens is 366 g/mol. The third-order valence-corrected chi connectivity index (χ3v) is 4.89. The topological polar surface area (TPSA) is 78.4 Å². The van der Waals surface area contributed by atoms with Gasteiger partial charge < -0.3 is 25.2 Å². The highest BCUT2D eigenvalue weighted by molar-refractivity contribution is 5.62. The summed E-state index contributed by atoms with van der Waals surface area (Å²) in [5.74, 6) is 1.80. The second-order valence-electron chi connectivity index (χ2n) is 6.98. The van der Waals surface area contributed by atoms with Crippen LogP contribution in [0.2, 0.25) is 0 Å². The van der Waals surface area contributed by atoms with Gasteiger partial charge in [-0.15, -0.1) is 5.10 Å². The van der Waals surface area contributed by atoms with Crippen LogP contribution < -0.4 is 20.3 Å². The van der Waals surface area contributed by atoms with E-state index in [4.69, 9.17) is 4.74 Å². The zero-order valence-electron chi connectivity index (χ0n) is 16.7. The maximum Gasteiger partial charge on any atom is 0.249 e. The highest BCUT2D eigenvalue weighted by atomic mass is 16.5. The SMILES string of the molecule is COc1cccc(Nc2nncc(Nc3ccc(N4CCN(C)CC4)cc3)n2)c1. The van der Waals surface area contributed by atoms with Crippen molar-refractivity contribution >= 4 is 28.8 Å². The summed E-state index contributed by atoms with van der Waals surface area (Å²) in [4.78, 5) is 9.25. The fraction of sp³-hybridized carbons (Fsp3) is 0.286. The summed E-state index contributed by atoms with van der Waals surface area (Å²) in [7, 11) is 3.80. The number of hydrogen-bond donors (Lipinski definition) is 2. The van der Waals surface area contributed by atoms with E-state index in [1.165, 1.54) is 5.69 Å². The number of anilines is 5. The molecule has 4 rings (SSSR count). The lowest BCUT2D eigenvalue weighted by Crippen LogP contribution is -2.44. The number of likely N-dealkylation sites (N-methyl/N-ethyl adjacent to an activating group) is 1. The van der Waals surface area contributed by atoms with Crippen molar-refractivity contribution in [2.45, 2.75) is 0 Å². The number of methoxy groups -OCH3 is 1. The van der Waals surface area contributed by atoms with Crippen LogP contribution in [0.4, 0.5) is 28.8 Å². The van der Waals surface area contributed by atoms with Crippen LogP contribution in [0.5, 0.6) is 5.75 Å². The number of aromatic nitrogens is 3. The normalized spacial score (nSPS) is 14.5. The van der Waals surface area contributed by atoms with Crippen LogP contribution in [0.15, 0.2) is 54.7 Å². The molecule has 0 unspecified atom stereocenters. The molecule has 3 aromatic rings. The minimum Gasteiger partial charge on any atom is -0.497 e. The van der Waals surface area contributed by atoms with Crippen LogP contribution in [0.3, 0.4) is 0 Å². The molecule has 8 heteroatoms. The molecule has 1 aliphatic heterocycles. The summed E-state index contributed by atoms with van der Waals surface area (Å²) in [5.41, 5.74) is 3.03. The van der Waals surface area contributed by atoms with Gasteiger partial charge in [0.2, 0.25) is 5.95 Å².